The Morgan fingerprint density at radius 2 is 1.91 bits per heavy atom. The van der Waals surface area contributed by atoms with Crippen LogP contribution < -0.4 is 11.1 Å². The number of hydrogen-bond acceptors (Lipinski definition) is 6. The third-order valence-corrected chi connectivity index (χ3v) is 4.63. The predicted molar refractivity (Wildman–Crippen MR) is 85.7 cm³/mol. The highest BCUT2D eigenvalue weighted by molar-refractivity contribution is 5.73. The third-order valence-electron chi connectivity index (χ3n) is 4.63. The Morgan fingerprint density at radius 1 is 1.30 bits per heavy atom. The summed E-state index contributed by atoms with van der Waals surface area (Å²) in [4.78, 5) is 23.1. The monoisotopic (exact) mass is 330 g/mol. The van der Waals surface area contributed by atoms with E-state index in [1.165, 1.54) is 6.92 Å². The molecule has 0 aromatic carbocycles. The van der Waals surface area contributed by atoms with Gasteiger partial charge in [-0.25, -0.2) is 4.79 Å². The minimum absolute atomic E-state index is 0.156. The number of carbonyl (C=O) groups excluding carboxylic acids is 2. The van der Waals surface area contributed by atoms with E-state index >= 15 is 0 Å². The zero-order valence-electron chi connectivity index (χ0n) is 14.5. The highest BCUT2D eigenvalue weighted by atomic mass is 16.7. The van der Waals surface area contributed by atoms with Crippen LogP contribution in [0.1, 0.15) is 47.0 Å². The molecule has 134 valence electrons. The molecule has 0 bridgehead atoms. The second-order valence-electron chi connectivity index (χ2n) is 6.11. The fourth-order valence-corrected chi connectivity index (χ4v) is 3.50. The van der Waals surface area contributed by atoms with Crippen molar-refractivity contribution in [1.29, 1.82) is 0 Å². The van der Waals surface area contributed by atoms with E-state index in [1.807, 2.05) is 13.8 Å². The van der Waals surface area contributed by atoms with E-state index in [0.717, 1.165) is 12.8 Å². The highest BCUT2D eigenvalue weighted by Crippen LogP contribution is 2.34. The molecule has 5 atom stereocenters. The number of aliphatic hydroxyl groups is 1. The van der Waals surface area contributed by atoms with Gasteiger partial charge in [0.1, 0.15) is 6.10 Å². The molecular formula is C16H30N2O5. The molecule has 23 heavy (non-hydrogen) atoms. The van der Waals surface area contributed by atoms with Gasteiger partial charge in [-0.05, 0) is 12.8 Å². The molecule has 0 spiro atoms. The van der Waals surface area contributed by atoms with Gasteiger partial charge in [0.15, 0.2) is 0 Å². The van der Waals surface area contributed by atoms with Crippen molar-refractivity contribution >= 4 is 12.1 Å². The summed E-state index contributed by atoms with van der Waals surface area (Å²) in [6.07, 6.45) is -0.364. The Labute approximate surface area is 137 Å². The van der Waals surface area contributed by atoms with Crippen LogP contribution >= 0.6 is 0 Å². The van der Waals surface area contributed by atoms with Gasteiger partial charge in [-0.1, -0.05) is 26.7 Å². The first-order chi connectivity index (χ1) is 10.8. The van der Waals surface area contributed by atoms with Gasteiger partial charge < -0.3 is 25.6 Å². The standard InChI is InChI=1S/C16H30N2O5/c1-5-10(6-2)14(18-9(4)19)13-11(17)8-12(15(13)20)23-16(21)22-7-3/h10-15,20H,5-8,17H2,1-4H3,(H,18,19)/t11-,12+,13-,14+,15-/m1/s1. The molecule has 0 aromatic rings. The molecule has 0 saturated heterocycles. The van der Waals surface area contributed by atoms with Crippen LogP contribution in [0, 0.1) is 11.8 Å². The van der Waals surface area contributed by atoms with E-state index in [-0.39, 0.29) is 36.4 Å². The summed E-state index contributed by atoms with van der Waals surface area (Å²) < 4.78 is 9.92. The summed E-state index contributed by atoms with van der Waals surface area (Å²) >= 11 is 0. The summed E-state index contributed by atoms with van der Waals surface area (Å²) in [5.41, 5.74) is 6.19. The topological polar surface area (TPSA) is 111 Å². The summed E-state index contributed by atoms with van der Waals surface area (Å²) in [5.74, 6) is -0.315. The number of aliphatic hydroxyl groups excluding tert-OH is 1. The Kier molecular flexibility index (Phi) is 7.78. The van der Waals surface area contributed by atoms with Crippen LogP contribution in [-0.4, -0.2) is 48.1 Å². The zero-order chi connectivity index (χ0) is 17.6. The smallest absolute Gasteiger partial charge is 0.435 e. The molecule has 1 fully saturated rings. The van der Waals surface area contributed by atoms with Crippen LogP contribution in [0.2, 0.25) is 0 Å². The van der Waals surface area contributed by atoms with E-state index in [4.69, 9.17) is 15.2 Å². The van der Waals surface area contributed by atoms with Gasteiger partial charge in [0, 0.05) is 31.3 Å². The summed E-state index contributed by atoms with van der Waals surface area (Å²) in [7, 11) is 0. The minimum atomic E-state index is -0.924. The van der Waals surface area contributed by atoms with Crippen molar-refractivity contribution in [2.75, 3.05) is 6.61 Å². The Hall–Kier alpha value is -1.34. The van der Waals surface area contributed by atoms with E-state index in [0.29, 0.717) is 6.42 Å². The van der Waals surface area contributed by atoms with Crippen molar-refractivity contribution in [3.05, 3.63) is 0 Å². The molecule has 0 aliphatic heterocycles. The second-order valence-corrected chi connectivity index (χ2v) is 6.11. The SMILES string of the molecule is CCOC(=O)O[C@H]1C[C@@H](N)[C@H]([C@@H](NC(C)=O)C(CC)CC)[C@@H]1O. The maximum atomic E-state index is 11.6. The van der Waals surface area contributed by atoms with Crippen molar-refractivity contribution in [2.45, 2.75) is 71.2 Å². The number of nitrogens with one attached hydrogen (secondary N) is 1. The van der Waals surface area contributed by atoms with Gasteiger partial charge in [-0.15, -0.1) is 0 Å². The van der Waals surface area contributed by atoms with Crippen LogP contribution in [0.25, 0.3) is 0 Å². The van der Waals surface area contributed by atoms with Crippen molar-refractivity contribution in [2.24, 2.45) is 17.6 Å². The largest absolute Gasteiger partial charge is 0.508 e. The molecule has 1 saturated carbocycles. The molecule has 1 amide bonds. The van der Waals surface area contributed by atoms with Crippen molar-refractivity contribution in [1.82, 2.24) is 5.32 Å². The highest BCUT2D eigenvalue weighted by Gasteiger charge is 2.48. The Balaban J connectivity index is 2.89. The van der Waals surface area contributed by atoms with E-state index in [2.05, 4.69) is 5.32 Å². The molecule has 4 N–H and O–H groups in total. The van der Waals surface area contributed by atoms with E-state index in [9.17, 15) is 14.7 Å². The summed E-state index contributed by atoms with van der Waals surface area (Å²) in [6.45, 7) is 7.43. The van der Waals surface area contributed by atoms with Gasteiger partial charge in [0.2, 0.25) is 5.91 Å². The molecular weight excluding hydrogens is 300 g/mol. The van der Waals surface area contributed by atoms with Crippen molar-refractivity contribution in [3.8, 4) is 0 Å². The Bertz CT molecular complexity index is 400. The van der Waals surface area contributed by atoms with Gasteiger partial charge in [0.25, 0.3) is 0 Å². The number of amides is 1. The summed E-state index contributed by atoms with van der Waals surface area (Å²) in [6, 6.07) is -0.606. The normalized spacial score (nSPS) is 28.5. The lowest BCUT2D eigenvalue weighted by atomic mass is 9.81. The average molecular weight is 330 g/mol. The van der Waals surface area contributed by atoms with Gasteiger partial charge in [-0.3, -0.25) is 4.79 Å². The molecule has 0 unspecified atom stereocenters. The molecule has 0 radical (unpaired) electrons. The lowest BCUT2D eigenvalue weighted by Gasteiger charge is -2.35. The quantitative estimate of drug-likeness (QED) is 0.604. The maximum absolute atomic E-state index is 11.6. The number of ether oxygens (including phenoxy) is 2. The van der Waals surface area contributed by atoms with Crippen molar-refractivity contribution in [3.63, 3.8) is 0 Å². The van der Waals surface area contributed by atoms with Crippen LogP contribution in [0.3, 0.4) is 0 Å². The van der Waals surface area contributed by atoms with Gasteiger partial charge >= 0.3 is 6.16 Å². The molecule has 7 heteroatoms. The predicted octanol–water partition coefficient (Wildman–Crippen LogP) is 1.18. The first-order valence-electron chi connectivity index (χ1n) is 8.39. The molecule has 0 heterocycles. The molecule has 7 nitrogen and oxygen atoms in total. The van der Waals surface area contributed by atoms with Gasteiger partial charge in [0.05, 0.1) is 12.7 Å². The van der Waals surface area contributed by atoms with Gasteiger partial charge in [-0.2, -0.15) is 0 Å². The van der Waals surface area contributed by atoms with Crippen molar-refractivity contribution < 1.29 is 24.2 Å². The van der Waals surface area contributed by atoms with E-state index in [1.54, 1.807) is 6.92 Å². The first kappa shape index (κ1) is 19.7. The lowest BCUT2D eigenvalue weighted by Crippen LogP contribution is -2.52. The third kappa shape index (κ3) is 5.07. The average Bonchev–Trinajstić information content (AvgIpc) is 2.73. The number of nitrogens with two attached hydrogens (primary N) is 1. The molecule has 1 aliphatic rings. The van der Waals surface area contributed by atoms with E-state index < -0.39 is 18.4 Å². The summed E-state index contributed by atoms with van der Waals surface area (Å²) in [5, 5.41) is 13.5. The number of hydrogen-bond donors (Lipinski definition) is 3. The molecule has 1 rings (SSSR count). The van der Waals surface area contributed by atoms with Crippen LogP contribution in [0.4, 0.5) is 4.79 Å². The number of carbonyl (C=O) groups is 2. The minimum Gasteiger partial charge on any atom is -0.435 e. The molecule has 0 aromatic heterocycles. The molecule has 1 aliphatic carbocycles. The first-order valence-corrected chi connectivity index (χ1v) is 8.39. The zero-order valence-corrected chi connectivity index (χ0v) is 14.5. The lowest BCUT2D eigenvalue weighted by molar-refractivity contribution is -0.121. The fourth-order valence-electron chi connectivity index (χ4n) is 3.50. The Morgan fingerprint density at radius 3 is 2.39 bits per heavy atom. The maximum Gasteiger partial charge on any atom is 0.508 e. The second kappa shape index (κ2) is 9.08. The van der Waals surface area contributed by atoms with Crippen LogP contribution in [0.15, 0.2) is 0 Å². The fraction of sp³-hybridized carbons (Fsp3) is 0.875. The number of rotatable bonds is 7. The van der Waals surface area contributed by atoms with Crippen LogP contribution in [0.5, 0.6) is 0 Å². The van der Waals surface area contributed by atoms with Crippen LogP contribution in [-0.2, 0) is 14.3 Å².